The number of hydrazine groups is 1. The lowest BCUT2D eigenvalue weighted by Crippen LogP contribution is -2.39. The van der Waals surface area contributed by atoms with E-state index in [1.807, 2.05) is 0 Å². The first kappa shape index (κ1) is 14.3. The minimum atomic E-state index is -4.67. The highest BCUT2D eigenvalue weighted by Crippen LogP contribution is 2.41. The van der Waals surface area contributed by atoms with Crippen LogP contribution in [0.1, 0.15) is 10.4 Å². The molecule has 0 unspecified atom stereocenters. The van der Waals surface area contributed by atoms with Crippen molar-refractivity contribution in [3.8, 4) is 0 Å². The molecule has 1 amide bonds. The zero-order valence-electron chi connectivity index (χ0n) is 10.4. The van der Waals surface area contributed by atoms with Gasteiger partial charge in [0.05, 0.1) is 5.69 Å². The van der Waals surface area contributed by atoms with E-state index in [0.29, 0.717) is 10.3 Å². The summed E-state index contributed by atoms with van der Waals surface area (Å²) in [5.41, 5.74) is 2.73. The molecule has 0 saturated carbocycles. The molecule has 3 N–H and O–H groups in total. The number of hydrogen-bond donors (Lipinski definition) is 3. The van der Waals surface area contributed by atoms with Gasteiger partial charge in [0.25, 0.3) is 5.91 Å². The second-order valence-electron chi connectivity index (χ2n) is 3.97. The Hall–Kier alpha value is -2.14. The van der Waals surface area contributed by atoms with Gasteiger partial charge in [0.15, 0.2) is 0 Å². The number of carbonyl (C=O) groups excluding carboxylic acids is 1. The van der Waals surface area contributed by atoms with Gasteiger partial charge in [0.2, 0.25) is 0 Å². The van der Waals surface area contributed by atoms with Crippen molar-refractivity contribution in [2.24, 2.45) is 0 Å². The fraction of sp³-hybridized carbons (Fsp3) is 0. The third kappa shape index (κ3) is 3.45. The molecule has 2 aromatic carbocycles. The predicted molar refractivity (Wildman–Crippen MR) is 74.9 cm³/mol. The highest BCUT2D eigenvalue weighted by molar-refractivity contribution is 7.53. The lowest BCUT2D eigenvalue weighted by molar-refractivity contribution is 0.0952. The number of nitrogens with zero attached hydrogens (tertiary/aromatic N) is 1. The molecule has 0 aliphatic rings. The zero-order valence-corrected chi connectivity index (χ0v) is 11.3. The van der Waals surface area contributed by atoms with Crippen molar-refractivity contribution in [2.45, 2.75) is 0 Å². The first-order valence-electron chi connectivity index (χ1n) is 5.76. The van der Waals surface area contributed by atoms with Crippen LogP contribution in [0.2, 0.25) is 0 Å². The topological polar surface area (TPSA) is 89.9 Å². The van der Waals surface area contributed by atoms with E-state index in [-0.39, 0.29) is 5.69 Å². The van der Waals surface area contributed by atoms with Gasteiger partial charge in [0, 0.05) is 5.56 Å². The Morgan fingerprint density at radius 3 is 1.95 bits per heavy atom. The molecule has 2 aromatic rings. The van der Waals surface area contributed by atoms with E-state index in [0.717, 1.165) is 0 Å². The molecule has 0 heterocycles. The molecule has 0 fully saturated rings. The van der Waals surface area contributed by atoms with Crippen LogP contribution in [0.5, 0.6) is 0 Å². The number of hydrogen-bond acceptors (Lipinski definition) is 2. The van der Waals surface area contributed by atoms with Gasteiger partial charge in [-0.3, -0.25) is 10.2 Å². The molecular formula is C13H13N2O4P. The molecule has 0 atom stereocenters. The van der Waals surface area contributed by atoms with Crippen LogP contribution in [0.3, 0.4) is 0 Å². The Labute approximate surface area is 115 Å². The van der Waals surface area contributed by atoms with Gasteiger partial charge in [-0.1, -0.05) is 36.4 Å². The number of carbonyl (C=O) groups is 1. The number of anilines is 1. The minimum absolute atomic E-state index is 0.199. The lowest BCUT2D eigenvalue weighted by atomic mass is 10.2. The summed E-state index contributed by atoms with van der Waals surface area (Å²) in [6.45, 7) is 0. The number of nitrogens with one attached hydrogen (secondary N) is 1. The maximum absolute atomic E-state index is 12.0. The van der Waals surface area contributed by atoms with E-state index in [1.54, 1.807) is 48.5 Å². The monoisotopic (exact) mass is 292 g/mol. The highest BCUT2D eigenvalue weighted by atomic mass is 31.2. The largest absolute Gasteiger partial charge is 0.448 e. The van der Waals surface area contributed by atoms with Crippen LogP contribution in [0.25, 0.3) is 0 Å². The molecule has 0 aliphatic carbocycles. The quantitative estimate of drug-likeness (QED) is 0.592. The van der Waals surface area contributed by atoms with Gasteiger partial charge in [-0.2, -0.15) is 4.78 Å². The summed E-state index contributed by atoms with van der Waals surface area (Å²) in [5.74, 6) is -0.599. The molecule has 0 bridgehead atoms. The smallest absolute Gasteiger partial charge is 0.307 e. The summed E-state index contributed by atoms with van der Waals surface area (Å²) in [5, 5.41) is 0. The molecular weight excluding hydrogens is 279 g/mol. The molecule has 0 saturated heterocycles. The SMILES string of the molecule is O=C(NN(c1ccccc1)P(=O)(O)O)c1ccccc1. The number of para-hydroxylation sites is 1. The minimum Gasteiger partial charge on any atom is -0.307 e. The van der Waals surface area contributed by atoms with Crippen LogP contribution in [-0.2, 0) is 4.57 Å². The van der Waals surface area contributed by atoms with Gasteiger partial charge in [-0.25, -0.2) is 4.57 Å². The van der Waals surface area contributed by atoms with Crippen molar-refractivity contribution in [3.63, 3.8) is 0 Å². The maximum Gasteiger partial charge on any atom is 0.448 e. The van der Waals surface area contributed by atoms with E-state index in [1.165, 1.54) is 12.1 Å². The molecule has 7 heteroatoms. The fourth-order valence-electron chi connectivity index (χ4n) is 1.60. The lowest BCUT2D eigenvalue weighted by Gasteiger charge is -2.25. The molecule has 0 aliphatic heterocycles. The first-order chi connectivity index (χ1) is 9.48. The fourth-order valence-corrected chi connectivity index (χ4v) is 2.25. The Balaban J connectivity index is 2.27. The van der Waals surface area contributed by atoms with Crippen LogP contribution >= 0.6 is 7.75 Å². The molecule has 0 spiro atoms. The molecule has 20 heavy (non-hydrogen) atoms. The van der Waals surface area contributed by atoms with E-state index in [2.05, 4.69) is 5.43 Å². The second kappa shape index (κ2) is 5.88. The molecule has 0 aromatic heterocycles. The second-order valence-corrected chi connectivity index (χ2v) is 5.39. The summed E-state index contributed by atoms with van der Waals surface area (Å²) in [6.07, 6.45) is 0. The van der Waals surface area contributed by atoms with Gasteiger partial charge in [0.1, 0.15) is 0 Å². The normalized spacial score (nSPS) is 10.9. The predicted octanol–water partition coefficient (Wildman–Crippen LogP) is 1.93. The van der Waals surface area contributed by atoms with E-state index in [4.69, 9.17) is 0 Å². The van der Waals surface area contributed by atoms with Crippen molar-refractivity contribution in [1.82, 2.24) is 5.43 Å². The zero-order chi connectivity index (χ0) is 14.6. The van der Waals surface area contributed by atoms with Crippen LogP contribution in [-0.4, -0.2) is 15.7 Å². The van der Waals surface area contributed by atoms with Crippen LogP contribution in [0.15, 0.2) is 60.7 Å². The molecule has 0 radical (unpaired) electrons. The Bertz CT molecular complexity index is 627. The van der Waals surface area contributed by atoms with Gasteiger partial charge < -0.3 is 9.79 Å². The summed E-state index contributed by atoms with van der Waals surface area (Å²) in [4.78, 5) is 30.7. The van der Waals surface area contributed by atoms with E-state index < -0.39 is 13.7 Å². The van der Waals surface area contributed by atoms with Gasteiger partial charge in [-0.15, -0.1) is 0 Å². The Kier molecular flexibility index (Phi) is 4.20. The van der Waals surface area contributed by atoms with Crippen LogP contribution < -0.4 is 10.2 Å². The van der Waals surface area contributed by atoms with Crippen molar-refractivity contribution < 1.29 is 19.1 Å². The number of rotatable bonds is 4. The van der Waals surface area contributed by atoms with Crippen LogP contribution in [0, 0.1) is 0 Å². The van der Waals surface area contributed by atoms with Gasteiger partial charge in [-0.05, 0) is 24.3 Å². The van der Waals surface area contributed by atoms with Crippen LogP contribution in [0.4, 0.5) is 5.69 Å². The Morgan fingerprint density at radius 2 is 1.45 bits per heavy atom. The maximum atomic E-state index is 12.0. The standard InChI is InChI=1S/C13H13N2O4P/c16-13(11-7-3-1-4-8-11)14-15(20(17,18)19)12-9-5-2-6-10-12/h1-10H,(H,14,16)(H2,17,18,19). The van der Waals surface area contributed by atoms with Gasteiger partial charge >= 0.3 is 7.75 Å². The van der Waals surface area contributed by atoms with Crippen molar-refractivity contribution in [1.29, 1.82) is 0 Å². The number of benzene rings is 2. The van der Waals surface area contributed by atoms with E-state index >= 15 is 0 Å². The first-order valence-corrected chi connectivity index (χ1v) is 7.32. The van der Waals surface area contributed by atoms with Crippen molar-refractivity contribution in [3.05, 3.63) is 66.2 Å². The average Bonchev–Trinajstić information content (AvgIpc) is 2.45. The van der Waals surface area contributed by atoms with Crippen molar-refractivity contribution >= 4 is 19.3 Å². The summed E-state index contributed by atoms with van der Waals surface area (Å²) in [7, 11) is -4.67. The average molecular weight is 292 g/mol. The third-order valence-electron chi connectivity index (χ3n) is 2.50. The van der Waals surface area contributed by atoms with Crippen molar-refractivity contribution in [2.75, 3.05) is 4.78 Å². The summed E-state index contributed by atoms with van der Waals surface area (Å²) >= 11 is 0. The third-order valence-corrected chi connectivity index (χ3v) is 3.36. The molecule has 104 valence electrons. The molecule has 2 rings (SSSR count). The van der Waals surface area contributed by atoms with E-state index in [9.17, 15) is 19.1 Å². The summed E-state index contributed by atoms with van der Waals surface area (Å²) < 4.78 is 12.1. The summed E-state index contributed by atoms with van der Waals surface area (Å²) in [6, 6.07) is 16.1. The number of amides is 1. The highest BCUT2D eigenvalue weighted by Gasteiger charge is 2.28. The Morgan fingerprint density at radius 1 is 0.950 bits per heavy atom. The molecule has 6 nitrogen and oxygen atoms in total.